The number of thioether (sulfide) groups is 1. The predicted octanol–water partition coefficient (Wildman–Crippen LogP) is 3.08. The molecule has 0 atom stereocenters. The van der Waals surface area contributed by atoms with Crippen LogP contribution in [0.1, 0.15) is 0 Å². The van der Waals surface area contributed by atoms with Crippen molar-refractivity contribution < 1.29 is 4.92 Å². The van der Waals surface area contributed by atoms with Crippen LogP contribution in [0.15, 0.2) is 27.6 Å². The van der Waals surface area contributed by atoms with Crippen LogP contribution in [0.5, 0.6) is 0 Å². The summed E-state index contributed by atoms with van der Waals surface area (Å²) in [6.45, 7) is 0. The smallest absolute Gasteiger partial charge is 0.258 e. The largest absolute Gasteiger partial charge is 0.284 e. The van der Waals surface area contributed by atoms with Gasteiger partial charge >= 0.3 is 0 Å². The molecular weight excluding hydrogens is 242 g/mol. The Kier molecular flexibility index (Phi) is 3.11. The van der Waals surface area contributed by atoms with Gasteiger partial charge in [-0.25, -0.2) is 0 Å². The first-order valence-electron chi connectivity index (χ1n) is 3.13. The van der Waals surface area contributed by atoms with Crippen molar-refractivity contribution in [3.8, 4) is 0 Å². The molecule has 0 unspecified atom stereocenters. The van der Waals surface area contributed by atoms with E-state index in [2.05, 4.69) is 15.9 Å². The summed E-state index contributed by atoms with van der Waals surface area (Å²) in [5.74, 6) is 0. The lowest BCUT2D eigenvalue weighted by Crippen LogP contribution is -1.89. The molecule has 0 fully saturated rings. The normalized spacial score (nSPS) is 9.83. The molecule has 0 amide bonds. The molecule has 0 aliphatic carbocycles. The monoisotopic (exact) mass is 247 g/mol. The Morgan fingerprint density at radius 3 is 2.75 bits per heavy atom. The Hall–Kier alpha value is -0.550. The molecule has 0 aliphatic rings. The van der Waals surface area contributed by atoms with Gasteiger partial charge in [-0.05, 0) is 28.3 Å². The van der Waals surface area contributed by atoms with E-state index in [9.17, 15) is 10.1 Å². The van der Waals surface area contributed by atoms with Gasteiger partial charge in [-0.15, -0.1) is 11.8 Å². The Bertz CT molecular complexity index is 316. The van der Waals surface area contributed by atoms with E-state index in [4.69, 9.17) is 0 Å². The van der Waals surface area contributed by atoms with Gasteiger partial charge in [0.1, 0.15) is 4.47 Å². The van der Waals surface area contributed by atoms with Crippen LogP contribution in [0.2, 0.25) is 0 Å². The fourth-order valence-electron chi connectivity index (χ4n) is 0.798. The van der Waals surface area contributed by atoms with Crippen molar-refractivity contribution in [2.45, 2.75) is 4.90 Å². The molecule has 0 saturated heterocycles. The first-order valence-corrected chi connectivity index (χ1v) is 5.15. The average molecular weight is 248 g/mol. The number of nitro benzene ring substituents is 1. The second kappa shape index (κ2) is 3.91. The lowest BCUT2D eigenvalue weighted by atomic mass is 10.3. The van der Waals surface area contributed by atoms with Gasteiger partial charge in [-0.3, -0.25) is 10.1 Å². The van der Waals surface area contributed by atoms with Crippen LogP contribution in [-0.2, 0) is 0 Å². The molecule has 0 N–H and O–H groups in total. The summed E-state index contributed by atoms with van der Waals surface area (Å²) in [5, 5.41) is 10.5. The lowest BCUT2D eigenvalue weighted by Gasteiger charge is -1.99. The molecule has 1 rings (SSSR count). The van der Waals surface area contributed by atoms with Crippen molar-refractivity contribution in [1.29, 1.82) is 0 Å². The number of nitro groups is 1. The summed E-state index contributed by atoms with van der Waals surface area (Å²) >= 11 is 4.66. The highest BCUT2D eigenvalue weighted by atomic mass is 79.9. The van der Waals surface area contributed by atoms with E-state index in [-0.39, 0.29) is 5.69 Å². The molecule has 0 heterocycles. The zero-order valence-corrected chi connectivity index (χ0v) is 8.68. The Balaban J connectivity index is 3.23. The molecular formula is C7H6BrNO2S. The van der Waals surface area contributed by atoms with E-state index >= 15 is 0 Å². The predicted molar refractivity (Wildman–Crippen MR) is 52.6 cm³/mol. The fraction of sp³-hybridized carbons (Fsp3) is 0.143. The molecule has 0 radical (unpaired) electrons. The Morgan fingerprint density at radius 1 is 1.58 bits per heavy atom. The topological polar surface area (TPSA) is 43.1 Å². The van der Waals surface area contributed by atoms with Gasteiger partial charge in [0, 0.05) is 11.0 Å². The van der Waals surface area contributed by atoms with E-state index in [0.717, 1.165) is 4.90 Å². The number of nitrogens with zero attached hydrogens (tertiary/aromatic N) is 1. The summed E-state index contributed by atoms with van der Waals surface area (Å²) in [6.07, 6.45) is 1.88. The molecule has 1 aromatic carbocycles. The third-order valence-corrected chi connectivity index (χ3v) is 3.24. The van der Waals surface area contributed by atoms with Crippen LogP contribution in [0.4, 0.5) is 5.69 Å². The first kappa shape index (κ1) is 9.54. The molecule has 0 saturated carbocycles. The second-order valence-electron chi connectivity index (χ2n) is 2.05. The van der Waals surface area contributed by atoms with Gasteiger partial charge in [0.15, 0.2) is 0 Å². The molecule has 12 heavy (non-hydrogen) atoms. The second-order valence-corrected chi connectivity index (χ2v) is 3.69. The van der Waals surface area contributed by atoms with Gasteiger partial charge < -0.3 is 0 Å². The standard InChI is InChI=1S/C7H6BrNO2S/c1-12-6-4-2-3-5(7(6)8)9(10)11/h2-4H,1H3. The SMILES string of the molecule is CSc1cccc([N+](=O)[O-])c1Br. The maximum atomic E-state index is 10.5. The minimum atomic E-state index is -0.399. The van der Waals surface area contributed by atoms with E-state index < -0.39 is 4.92 Å². The van der Waals surface area contributed by atoms with Crippen LogP contribution < -0.4 is 0 Å². The van der Waals surface area contributed by atoms with Crippen molar-refractivity contribution in [3.63, 3.8) is 0 Å². The van der Waals surface area contributed by atoms with Crippen molar-refractivity contribution in [2.75, 3.05) is 6.26 Å². The Morgan fingerprint density at radius 2 is 2.25 bits per heavy atom. The molecule has 5 heteroatoms. The zero-order chi connectivity index (χ0) is 9.14. The van der Waals surface area contributed by atoms with Crippen LogP contribution in [0.25, 0.3) is 0 Å². The molecule has 1 aromatic rings. The van der Waals surface area contributed by atoms with Gasteiger partial charge in [-0.2, -0.15) is 0 Å². The highest BCUT2D eigenvalue weighted by molar-refractivity contribution is 9.10. The molecule has 0 spiro atoms. The van der Waals surface area contributed by atoms with Gasteiger partial charge in [0.05, 0.1) is 4.92 Å². The third kappa shape index (κ3) is 1.78. The van der Waals surface area contributed by atoms with Gasteiger partial charge in [0.2, 0.25) is 0 Å². The molecule has 3 nitrogen and oxygen atoms in total. The minimum absolute atomic E-state index is 0.113. The minimum Gasteiger partial charge on any atom is -0.258 e. The number of hydrogen-bond donors (Lipinski definition) is 0. The van der Waals surface area contributed by atoms with Gasteiger partial charge in [0.25, 0.3) is 5.69 Å². The quantitative estimate of drug-likeness (QED) is 0.459. The fourth-order valence-corrected chi connectivity index (χ4v) is 2.19. The maximum absolute atomic E-state index is 10.5. The van der Waals surface area contributed by atoms with Crippen molar-refractivity contribution in [1.82, 2.24) is 0 Å². The van der Waals surface area contributed by atoms with Gasteiger partial charge in [-0.1, -0.05) is 6.07 Å². The number of rotatable bonds is 2. The average Bonchev–Trinajstić information content (AvgIpc) is 2.04. The summed E-state index contributed by atoms with van der Waals surface area (Å²) in [4.78, 5) is 10.9. The maximum Gasteiger partial charge on any atom is 0.284 e. The summed E-state index contributed by atoms with van der Waals surface area (Å²) in [7, 11) is 0. The number of benzene rings is 1. The Labute approximate surface area is 82.4 Å². The van der Waals surface area contributed by atoms with Crippen molar-refractivity contribution in [2.24, 2.45) is 0 Å². The molecule has 64 valence electrons. The van der Waals surface area contributed by atoms with Crippen LogP contribution in [0.3, 0.4) is 0 Å². The van der Waals surface area contributed by atoms with Crippen molar-refractivity contribution in [3.05, 3.63) is 32.8 Å². The highest BCUT2D eigenvalue weighted by Gasteiger charge is 2.13. The van der Waals surface area contributed by atoms with E-state index in [0.29, 0.717) is 4.47 Å². The lowest BCUT2D eigenvalue weighted by molar-refractivity contribution is -0.385. The summed E-state index contributed by atoms with van der Waals surface area (Å²) in [6, 6.07) is 4.99. The van der Waals surface area contributed by atoms with E-state index in [1.807, 2.05) is 12.3 Å². The number of halogens is 1. The van der Waals surface area contributed by atoms with E-state index in [1.54, 1.807) is 6.07 Å². The summed E-state index contributed by atoms with van der Waals surface area (Å²) in [5.41, 5.74) is 0.113. The van der Waals surface area contributed by atoms with E-state index in [1.165, 1.54) is 17.8 Å². The molecule has 0 bridgehead atoms. The first-order chi connectivity index (χ1) is 5.66. The third-order valence-electron chi connectivity index (χ3n) is 1.36. The number of hydrogen-bond acceptors (Lipinski definition) is 3. The van der Waals surface area contributed by atoms with Crippen LogP contribution in [0, 0.1) is 10.1 Å². The molecule has 0 aromatic heterocycles. The van der Waals surface area contributed by atoms with Crippen LogP contribution in [-0.4, -0.2) is 11.2 Å². The molecule has 0 aliphatic heterocycles. The van der Waals surface area contributed by atoms with Crippen molar-refractivity contribution >= 4 is 33.4 Å². The highest BCUT2D eigenvalue weighted by Crippen LogP contribution is 2.33. The zero-order valence-electron chi connectivity index (χ0n) is 6.28. The summed E-state index contributed by atoms with van der Waals surface area (Å²) < 4.78 is 0.558. The van der Waals surface area contributed by atoms with Crippen LogP contribution >= 0.6 is 27.7 Å².